The van der Waals surface area contributed by atoms with Gasteiger partial charge in [0.05, 0.1) is 12.7 Å². The molecule has 1 saturated heterocycles. The fourth-order valence-corrected chi connectivity index (χ4v) is 4.60. The van der Waals surface area contributed by atoms with Crippen molar-refractivity contribution in [3.05, 3.63) is 65.5 Å². The molecule has 2 heterocycles. The zero-order chi connectivity index (χ0) is 15.8. The average molecular weight is 319 g/mol. The highest BCUT2D eigenvalue weighted by Crippen LogP contribution is 2.59. The molecule has 2 aromatic rings. The first kappa shape index (κ1) is 15.2. The smallest absolute Gasteiger partial charge is 0.426 e. The van der Waals surface area contributed by atoms with Gasteiger partial charge in [-0.15, -0.1) is 0 Å². The van der Waals surface area contributed by atoms with E-state index in [2.05, 4.69) is 0 Å². The molecule has 1 fully saturated rings. The summed E-state index contributed by atoms with van der Waals surface area (Å²) < 4.78 is 25.0. The Labute approximate surface area is 129 Å². The lowest BCUT2D eigenvalue weighted by atomic mass is 9.83. The van der Waals surface area contributed by atoms with Gasteiger partial charge in [-0.3, -0.25) is 4.52 Å². The maximum atomic E-state index is 13.1. The van der Waals surface area contributed by atoms with Crippen molar-refractivity contribution in [2.24, 2.45) is 5.41 Å². The van der Waals surface area contributed by atoms with Gasteiger partial charge in [-0.05, 0) is 11.6 Å². The molecule has 22 heavy (non-hydrogen) atoms. The zero-order valence-corrected chi connectivity index (χ0v) is 13.4. The number of hydrogen-bond donors (Lipinski definition) is 0. The number of nitrogens with zero attached hydrogens (tertiary/aromatic N) is 1. The third kappa shape index (κ3) is 2.68. The summed E-state index contributed by atoms with van der Waals surface area (Å²) in [5.74, 6) is 0. The first-order valence-corrected chi connectivity index (χ1v) is 8.63. The second-order valence-electron chi connectivity index (χ2n) is 6.04. The van der Waals surface area contributed by atoms with Crippen molar-refractivity contribution >= 4 is 13.0 Å². The van der Waals surface area contributed by atoms with E-state index in [9.17, 15) is 9.77 Å². The Morgan fingerprint density at radius 1 is 1.18 bits per heavy atom. The predicted molar refractivity (Wildman–Crippen MR) is 82.6 cm³/mol. The Morgan fingerprint density at radius 2 is 1.86 bits per heavy atom. The molecule has 0 bridgehead atoms. The van der Waals surface area contributed by atoms with Crippen LogP contribution in [0.3, 0.4) is 0 Å². The van der Waals surface area contributed by atoms with Crippen molar-refractivity contribution in [1.29, 1.82) is 0 Å². The standard InChI is InChI=1S/C16H18NO4P/c1-16(2)12-20-22(19,14-10-6-7-11-17(14)18)21-15(16)13-8-4-3-5-9-13/h3-11,15H,12H2,1-2H3/t15-,22+/m0/s1. The summed E-state index contributed by atoms with van der Waals surface area (Å²) in [6.45, 7) is 4.23. The van der Waals surface area contributed by atoms with E-state index in [0.717, 1.165) is 5.56 Å². The molecule has 0 N–H and O–H groups in total. The molecule has 0 amide bonds. The van der Waals surface area contributed by atoms with Crippen LogP contribution in [0.25, 0.3) is 0 Å². The van der Waals surface area contributed by atoms with Crippen LogP contribution in [-0.2, 0) is 13.6 Å². The molecule has 1 aromatic heterocycles. The van der Waals surface area contributed by atoms with Crippen molar-refractivity contribution in [3.8, 4) is 0 Å². The highest BCUT2D eigenvalue weighted by Gasteiger charge is 2.49. The minimum atomic E-state index is -3.65. The average Bonchev–Trinajstić information content (AvgIpc) is 2.51. The Bertz CT molecular complexity index is 717. The molecule has 1 aromatic carbocycles. The van der Waals surface area contributed by atoms with E-state index >= 15 is 0 Å². The van der Waals surface area contributed by atoms with Gasteiger partial charge in [0, 0.05) is 17.5 Å². The molecule has 6 heteroatoms. The molecule has 5 nitrogen and oxygen atoms in total. The number of benzene rings is 1. The first-order chi connectivity index (χ1) is 10.4. The number of aromatic nitrogens is 1. The molecule has 3 rings (SSSR count). The number of hydrogen-bond acceptors (Lipinski definition) is 4. The van der Waals surface area contributed by atoms with Crippen molar-refractivity contribution in [1.82, 2.24) is 0 Å². The molecular weight excluding hydrogens is 301 g/mol. The predicted octanol–water partition coefficient (Wildman–Crippen LogP) is 2.95. The van der Waals surface area contributed by atoms with E-state index in [0.29, 0.717) is 4.73 Å². The normalized spacial score (nSPS) is 27.5. The fraction of sp³-hybridized carbons (Fsp3) is 0.312. The van der Waals surface area contributed by atoms with Crippen LogP contribution < -0.4 is 10.2 Å². The summed E-state index contributed by atoms with van der Waals surface area (Å²) in [4.78, 5) is 0. The summed E-state index contributed by atoms with van der Waals surface area (Å²) in [6, 6.07) is 14.3. The summed E-state index contributed by atoms with van der Waals surface area (Å²) in [5, 5.41) is 11.9. The van der Waals surface area contributed by atoms with Crippen molar-refractivity contribution in [2.75, 3.05) is 6.61 Å². The van der Waals surface area contributed by atoms with E-state index in [-0.39, 0.29) is 17.5 Å². The number of pyridine rings is 1. The summed E-state index contributed by atoms with van der Waals surface area (Å²) in [7, 11) is -3.65. The van der Waals surface area contributed by atoms with Crippen LogP contribution in [0.1, 0.15) is 25.5 Å². The van der Waals surface area contributed by atoms with Crippen LogP contribution in [0, 0.1) is 10.6 Å². The topological polar surface area (TPSA) is 62.5 Å². The Balaban J connectivity index is 2.01. The lowest BCUT2D eigenvalue weighted by molar-refractivity contribution is -0.587. The molecule has 0 unspecified atom stereocenters. The van der Waals surface area contributed by atoms with Gasteiger partial charge in [-0.25, -0.2) is 4.57 Å². The molecule has 1 aliphatic rings. The molecule has 1 aliphatic heterocycles. The molecule has 2 atom stereocenters. The highest BCUT2D eigenvalue weighted by atomic mass is 31.2. The van der Waals surface area contributed by atoms with E-state index in [1.807, 2.05) is 44.2 Å². The second-order valence-corrected chi connectivity index (χ2v) is 7.96. The van der Waals surface area contributed by atoms with Crippen LogP contribution in [0.2, 0.25) is 0 Å². The van der Waals surface area contributed by atoms with Crippen LogP contribution in [0.4, 0.5) is 0 Å². The molecule has 0 spiro atoms. The minimum Gasteiger partial charge on any atom is -0.618 e. The largest absolute Gasteiger partial charge is 0.618 e. The SMILES string of the molecule is CC1(C)CO[P@](=O)(c2cccc[n+]2[O-])O[C@H]1c1ccccc1. The Kier molecular flexibility index (Phi) is 3.81. The third-order valence-electron chi connectivity index (χ3n) is 3.75. The Hall–Kier alpha value is -1.68. The van der Waals surface area contributed by atoms with E-state index < -0.39 is 13.7 Å². The van der Waals surface area contributed by atoms with Gasteiger partial charge in [0.1, 0.15) is 0 Å². The fourth-order valence-electron chi connectivity index (χ4n) is 2.53. The van der Waals surface area contributed by atoms with Crippen molar-refractivity contribution < 1.29 is 18.3 Å². The molecule has 0 radical (unpaired) electrons. The maximum Gasteiger partial charge on any atom is 0.426 e. The van der Waals surface area contributed by atoms with Gasteiger partial charge in [0.25, 0.3) is 0 Å². The van der Waals surface area contributed by atoms with E-state index in [1.54, 1.807) is 12.1 Å². The van der Waals surface area contributed by atoms with Crippen LogP contribution in [0.15, 0.2) is 54.7 Å². The summed E-state index contributed by atoms with van der Waals surface area (Å²) in [6.07, 6.45) is 0.882. The first-order valence-electron chi connectivity index (χ1n) is 7.09. The molecule has 0 saturated carbocycles. The van der Waals surface area contributed by atoms with Crippen LogP contribution in [-0.4, -0.2) is 6.61 Å². The van der Waals surface area contributed by atoms with Crippen LogP contribution >= 0.6 is 7.60 Å². The zero-order valence-electron chi connectivity index (χ0n) is 12.5. The van der Waals surface area contributed by atoms with Gasteiger partial charge in [0.15, 0.2) is 6.20 Å². The lowest BCUT2D eigenvalue weighted by Crippen LogP contribution is -2.46. The third-order valence-corrected chi connectivity index (χ3v) is 5.61. The monoisotopic (exact) mass is 319 g/mol. The van der Waals surface area contributed by atoms with E-state index in [4.69, 9.17) is 9.05 Å². The van der Waals surface area contributed by atoms with E-state index in [1.165, 1.54) is 12.3 Å². The number of rotatable bonds is 2. The summed E-state index contributed by atoms with van der Waals surface area (Å²) in [5.41, 5.74) is 0.591. The molecule has 116 valence electrons. The van der Waals surface area contributed by atoms with Crippen molar-refractivity contribution in [2.45, 2.75) is 20.0 Å². The minimum absolute atomic E-state index is 0.0198. The van der Waals surface area contributed by atoms with Gasteiger partial charge >= 0.3 is 13.0 Å². The van der Waals surface area contributed by atoms with Crippen molar-refractivity contribution in [3.63, 3.8) is 0 Å². The quantitative estimate of drug-likeness (QED) is 0.485. The van der Waals surface area contributed by atoms with Gasteiger partial charge in [-0.1, -0.05) is 44.2 Å². The van der Waals surface area contributed by atoms with Gasteiger partial charge < -0.3 is 9.73 Å². The van der Waals surface area contributed by atoms with Crippen LogP contribution in [0.5, 0.6) is 0 Å². The molecule has 0 aliphatic carbocycles. The Morgan fingerprint density at radius 3 is 2.55 bits per heavy atom. The molecular formula is C16H18NO4P. The highest BCUT2D eigenvalue weighted by molar-refractivity contribution is 7.61. The van der Waals surface area contributed by atoms with Gasteiger partial charge in [0.2, 0.25) is 0 Å². The maximum absolute atomic E-state index is 13.1. The lowest BCUT2D eigenvalue weighted by Gasteiger charge is -2.40. The second kappa shape index (κ2) is 5.51. The summed E-state index contributed by atoms with van der Waals surface area (Å²) >= 11 is 0. The van der Waals surface area contributed by atoms with Gasteiger partial charge in [-0.2, -0.15) is 4.73 Å².